The molecule has 0 spiro atoms. The second kappa shape index (κ2) is 7.39. The van der Waals surface area contributed by atoms with Crippen molar-refractivity contribution in [1.29, 1.82) is 0 Å². The molecule has 0 bridgehead atoms. The number of fused-ring (bicyclic) bond motifs is 2. The molecule has 8 nitrogen and oxygen atoms in total. The van der Waals surface area contributed by atoms with Crippen molar-refractivity contribution in [3.63, 3.8) is 0 Å². The van der Waals surface area contributed by atoms with Gasteiger partial charge in [0.1, 0.15) is 23.0 Å². The fraction of sp³-hybridized carbons (Fsp3) is 0.217. The highest BCUT2D eigenvalue weighted by Crippen LogP contribution is 2.38. The van der Waals surface area contributed by atoms with Crippen molar-refractivity contribution in [2.24, 2.45) is 0 Å². The molecule has 1 aromatic heterocycles. The average Bonchev–Trinajstić information content (AvgIpc) is 2.69. The Kier molecular flexibility index (Phi) is 4.85. The quantitative estimate of drug-likeness (QED) is 0.253. The van der Waals surface area contributed by atoms with Crippen LogP contribution in [-0.2, 0) is 16.0 Å². The first-order valence-corrected chi connectivity index (χ1v) is 9.52. The van der Waals surface area contributed by atoms with Gasteiger partial charge in [-0.15, -0.1) is 0 Å². The summed E-state index contributed by atoms with van der Waals surface area (Å²) in [5.41, 5.74) is 0.254. The summed E-state index contributed by atoms with van der Waals surface area (Å²) in [7, 11) is 0. The zero-order chi connectivity index (χ0) is 22.3. The summed E-state index contributed by atoms with van der Waals surface area (Å²) in [4.78, 5) is 23.8. The number of esters is 1. The molecule has 1 aliphatic rings. The molecular weight excluding hydrogens is 404 g/mol. The van der Waals surface area contributed by atoms with Crippen molar-refractivity contribution in [3.05, 3.63) is 64.0 Å². The Morgan fingerprint density at radius 2 is 1.84 bits per heavy atom. The predicted molar refractivity (Wildman–Crippen MR) is 111 cm³/mol. The first-order valence-electron chi connectivity index (χ1n) is 9.52. The van der Waals surface area contributed by atoms with E-state index in [1.165, 1.54) is 24.3 Å². The van der Waals surface area contributed by atoms with Crippen LogP contribution in [0.15, 0.2) is 51.7 Å². The number of ether oxygens (including phenoxy) is 2. The minimum absolute atomic E-state index is 0.308. The van der Waals surface area contributed by atoms with Gasteiger partial charge in [0.05, 0.1) is 0 Å². The molecule has 0 unspecified atom stereocenters. The van der Waals surface area contributed by atoms with E-state index in [9.17, 15) is 24.9 Å². The van der Waals surface area contributed by atoms with Gasteiger partial charge in [-0.05, 0) is 55.3 Å². The number of rotatable bonds is 3. The molecule has 4 rings (SSSR count). The zero-order valence-corrected chi connectivity index (χ0v) is 16.8. The maximum Gasteiger partial charge on any atom is 0.336 e. The van der Waals surface area contributed by atoms with Gasteiger partial charge >= 0.3 is 11.6 Å². The second-order valence-electron chi connectivity index (χ2n) is 7.83. The lowest BCUT2D eigenvalue weighted by Crippen LogP contribution is -2.48. The van der Waals surface area contributed by atoms with Crippen molar-refractivity contribution < 1.29 is 34.0 Å². The van der Waals surface area contributed by atoms with Gasteiger partial charge in [-0.3, -0.25) is 0 Å². The van der Waals surface area contributed by atoms with E-state index in [-0.39, 0.29) is 0 Å². The van der Waals surface area contributed by atoms with Gasteiger partial charge in [0, 0.05) is 30.0 Å². The molecule has 160 valence electrons. The van der Waals surface area contributed by atoms with Gasteiger partial charge in [0.15, 0.2) is 17.2 Å². The Labute approximate surface area is 176 Å². The molecule has 2 aromatic carbocycles. The lowest BCUT2D eigenvalue weighted by molar-refractivity contribution is -0.155. The van der Waals surface area contributed by atoms with Gasteiger partial charge in [0.2, 0.25) is 0 Å². The Balaban J connectivity index is 1.54. The first-order chi connectivity index (χ1) is 14.6. The SMILES string of the molecule is CC1(C)Oc2cc3oc(=O)ccc3cc2C[C@@H]1OC(=O)/C=C/c1cc(O)c(O)c(O)c1. The molecule has 0 aliphatic carbocycles. The van der Waals surface area contributed by atoms with Crippen LogP contribution in [-0.4, -0.2) is 33.0 Å². The van der Waals surface area contributed by atoms with Crippen molar-refractivity contribution in [2.45, 2.75) is 32.0 Å². The van der Waals surface area contributed by atoms with Crippen LogP contribution in [0.25, 0.3) is 17.0 Å². The van der Waals surface area contributed by atoms with Crippen LogP contribution >= 0.6 is 0 Å². The molecule has 0 radical (unpaired) electrons. The summed E-state index contributed by atoms with van der Waals surface area (Å²) in [6.45, 7) is 3.58. The van der Waals surface area contributed by atoms with E-state index in [4.69, 9.17) is 13.9 Å². The third-order valence-electron chi connectivity index (χ3n) is 5.12. The third-order valence-corrected chi connectivity index (χ3v) is 5.12. The van der Waals surface area contributed by atoms with Crippen LogP contribution in [0.4, 0.5) is 0 Å². The predicted octanol–water partition coefficient (Wildman–Crippen LogP) is 3.25. The van der Waals surface area contributed by atoms with Gasteiger partial charge < -0.3 is 29.2 Å². The number of carbonyl (C=O) groups is 1. The van der Waals surface area contributed by atoms with Crippen LogP contribution in [0.2, 0.25) is 0 Å². The van der Waals surface area contributed by atoms with Crippen LogP contribution < -0.4 is 10.4 Å². The summed E-state index contributed by atoms with van der Waals surface area (Å²) < 4.78 is 16.8. The van der Waals surface area contributed by atoms with Crippen molar-refractivity contribution >= 4 is 23.0 Å². The van der Waals surface area contributed by atoms with Crippen LogP contribution in [0.1, 0.15) is 25.0 Å². The Bertz CT molecular complexity index is 1250. The van der Waals surface area contributed by atoms with E-state index in [0.717, 1.165) is 17.0 Å². The summed E-state index contributed by atoms with van der Waals surface area (Å²) >= 11 is 0. The zero-order valence-electron chi connectivity index (χ0n) is 16.8. The molecule has 0 fully saturated rings. The summed E-state index contributed by atoms with van der Waals surface area (Å²) in [6.07, 6.45) is 2.32. The highest BCUT2D eigenvalue weighted by molar-refractivity contribution is 5.87. The Morgan fingerprint density at radius 1 is 1.13 bits per heavy atom. The normalized spacial score (nSPS) is 17.3. The summed E-state index contributed by atoms with van der Waals surface area (Å²) in [6, 6.07) is 8.90. The lowest BCUT2D eigenvalue weighted by Gasteiger charge is -2.39. The highest BCUT2D eigenvalue weighted by Gasteiger charge is 2.39. The standard InChI is InChI=1S/C23H20O8/c1-23(2)19(30-21(27)5-3-12-7-15(24)22(28)16(25)8-12)10-14-9-13-4-6-20(26)29-17(13)11-18(14)31-23/h3-9,11,19,24-25,28H,10H2,1-2H3/b5-3+/t19-/m0/s1. The van der Waals surface area contributed by atoms with Crippen LogP contribution in [0.3, 0.4) is 0 Å². The molecule has 3 N–H and O–H groups in total. The molecule has 3 aromatic rings. The first kappa shape index (κ1) is 20.3. The lowest BCUT2D eigenvalue weighted by atomic mass is 9.90. The molecule has 1 aliphatic heterocycles. The molecule has 0 saturated heterocycles. The maximum atomic E-state index is 12.4. The van der Waals surface area contributed by atoms with E-state index in [0.29, 0.717) is 23.3 Å². The maximum absolute atomic E-state index is 12.4. The number of phenols is 3. The number of carbonyl (C=O) groups excluding carboxylic acids is 1. The topological polar surface area (TPSA) is 126 Å². The highest BCUT2D eigenvalue weighted by atomic mass is 16.6. The number of hydrogen-bond donors (Lipinski definition) is 3. The average molecular weight is 424 g/mol. The molecule has 2 heterocycles. The van der Waals surface area contributed by atoms with E-state index >= 15 is 0 Å². The molecular formula is C23H20O8. The third kappa shape index (κ3) is 4.05. The van der Waals surface area contributed by atoms with E-state index in [1.54, 1.807) is 26.0 Å². The monoisotopic (exact) mass is 424 g/mol. The second-order valence-corrected chi connectivity index (χ2v) is 7.83. The minimum atomic E-state index is -0.839. The molecule has 31 heavy (non-hydrogen) atoms. The van der Waals surface area contributed by atoms with Gasteiger partial charge in [-0.2, -0.15) is 0 Å². The molecule has 8 heteroatoms. The van der Waals surface area contributed by atoms with E-state index in [1.807, 2.05) is 6.07 Å². The van der Waals surface area contributed by atoms with Gasteiger partial charge in [-0.25, -0.2) is 9.59 Å². The molecule has 0 amide bonds. The fourth-order valence-electron chi connectivity index (χ4n) is 3.44. The molecule has 1 atom stereocenters. The smallest absolute Gasteiger partial charge is 0.336 e. The minimum Gasteiger partial charge on any atom is -0.504 e. The summed E-state index contributed by atoms with van der Waals surface area (Å²) in [5, 5.41) is 29.2. The Hall–Kier alpha value is -3.94. The van der Waals surface area contributed by atoms with Crippen molar-refractivity contribution in [3.8, 4) is 23.0 Å². The van der Waals surface area contributed by atoms with E-state index < -0.39 is 40.5 Å². The van der Waals surface area contributed by atoms with Crippen molar-refractivity contribution in [1.82, 2.24) is 0 Å². The summed E-state index contributed by atoms with van der Waals surface area (Å²) in [5.74, 6) is -1.72. The largest absolute Gasteiger partial charge is 0.504 e. The van der Waals surface area contributed by atoms with Crippen LogP contribution in [0, 0.1) is 0 Å². The molecule has 0 saturated carbocycles. The van der Waals surface area contributed by atoms with Crippen LogP contribution in [0.5, 0.6) is 23.0 Å². The Morgan fingerprint density at radius 3 is 2.55 bits per heavy atom. The van der Waals surface area contributed by atoms with Gasteiger partial charge in [-0.1, -0.05) is 0 Å². The fourth-order valence-corrected chi connectivity index (χ4v) is 3.44. The van der Waals surface area contributed by atoms with E-state index in [2.05, 4.69) is 0 Å². The number of benzene rings is 2. The number of hydrogen-bond acceptors (Lipinski definition) is 8. The van der Waals surface area contributed by atoms with Crippen molar-refractivity contribution in [2.75, 3.05) is 0 Å². The number of phenolic OH excluding ortho intramolecular Hbond substituents is 3. The number of aromatic hydroxyl groups is 3. The van der Waals surface area contributed by atoms with Gasteiger partial charge in [0.25, 0.3) is 0 Å².